The van der Waals surface area contributed by atoms with E-state index in [1.165, 1.54) is 19.4 Å². The van der Waals surface area contributed by atoms with Crippen LogP contribution in [0.4, 0.5) is 0 Å². The Hall–Kier alpha value is -0.870. The average Bonchev–Trinajstić information content (AvgIpc) is 2.65. The van der Waals surface area contributed by atoms with Gasteiger partial charge in [-0.25, -0.2) is 0 Å². The van der Waals surface area contributed by atoms with Crippen molar-refractivity contribution >= 4 is 0 Å². The van der Waals surface area contributed by atoms with Crippen LogP contribution in [0.3, 0.4) is 0 Å². The van der Waals surface area contributed by atoms with E-state index < -0.39 is 0 Å². The summed E-state index contributed by atoms with van der Waals surface area (Å²) >= 11 is 0. The molecular formula is C12H21N3O. The molecule has 16 heavy (non-hydrogen) atoms. The molecule has 4 nitrogen and oxygen atoms in total. The molecule has 0 spiro atoms. The van der Waals surface area contributed by atoms with Crippen LogP contribution < -0.4 is 5.73 Å². The molecule has 0 amide bonds. The summed E-state index contributed by atoms with van der Waals surface area (Å²) in [5.41, 5.74) is 6.58. The van der Waals surface area contributed by atoms with Gasteiger partial charge in [0.2, 0.25) is 0 Å². The van der Waals surface area contributed by atoms with Gasteiger partial charge >= 0.3 is 0 Å². The van der Waals surface area contributed by atoms with E-state index in [0.717, 1.165) is 43.4 Å². The van der Waals surface area contributed by atoms with E-state index in [1.807, 2.05) is 13.0 Å². The summed E-state index contributed by atoms with van der Waals surface area (Å²) in [6.45, 7) is 5.97. The average molecular weight is 223 g/mol. The van der Waals surface area contributed by atoms with Crippen LogP contribution in [0.15, 0.2) is 10.6 Å². The van der Waals surface area contributed by atoms with Crippen LogP contribution in [0.2, 0.25) is 0 Å². The molecule has 2 heterocycles. The van der Waals surface area contributed by atoms with Crippen molar-refractivity contribution in [3.63, 3.8) is 0 Å². The summed E-state index contributed by atoms with van der Waals surface area (Å²) in [6.07, 6.45) is 3.74. The fourth-order valence-corrected chi connectivity index (χ4v) is 2.48. The second kappa shape index (κ2) is 5.46. The summed E-state index contributed by atoms with van der Waals surface area (Å²) in [6, 6.07) is 2.02. The molecule has 0 aliphatic carbocycles. The number of piperidine rings is 1. The standard InChI is InChI=1S/C12H21N3O/c1-10-7-12(16-14-10)9-15-6-2-3-11(8-15)4-5-13/h7,11H,2-6,8-9,13H2,1H3. The summed E-state index contributed by atoms with van der Waals surface area (Å²) in [4.78, 5) is 2.45. The fourth-order valence-electron chi connectivity index (χ4n) is 2.48. The van der Waals surface area contributed by atoms with Crippen molar-refractivity contribution in [1.29, 1.82) is 0 Å². The van der Waals surface area contributed by atoms with Crippen LogP contribution in [0.5, 0.6) is 0 Å². The minimum absolute atomic E-state index is 0.766. The number of likely N-dealkylation sites (tertiary alicyclic amines) is 1. The van der Waals surface area contributed by atoms with Crippen molar-refractivity contribution < 1.29 is 4.52 Å². The summed E-state index contributed by atoms with van der Waals surface area (Å²) < 4.78 is 5.25. The lowest BCUT2D eigenvalue weighted by atomic mass is 9.95. The third-order valence-electron chi connectivity index (χ3n) is 3.23. The lowest BCUT2D eigenvalue weighted by molar-refractivity contribution is 0.149. The molecule has 1 aromatic heterocycles. The van der Waals surface area contributed by atoms with Crippen LogP contribution in [0, 0.1) is 12.8 Å². The number of aromatic nitrogens is 1. The molecule has 1 fully saturated rings. The van der Waals surface area contributed by atoms with Crippen molar-refractivity contribution in [3.05, 3.63) is 17.5 Å². The Balaban J connectivity index is 1.85. The third-order valence-corrected chi connectivity index (χ3v) is 3.23. The molecular weight excluding hydrogens is 202 g/mol. The molecule has 0 radical (unpaired) electrons. The molecule has 0 saturated carbocycles. The van der Waals surface area contributed by atoms with Crippen LogP contribution >= 0.6 is 0 Å². The van der Waals surface area contributed by atoms with Gasteiger partial charge in [0.25, 0.3) is 0 Å². The molecule has 90 valence electrons. The highest BCUT2D eigenvalue weighted by Crippen LogP contribution is 2.20. The van der Waals surface area contributed by atoms with Gasteiger partial charge < -0.3 is 10.3 Å². The van der Waals surface area contributed by atoms with Gasteiger partial charge in [-0.2, -0.15) is 0 Å². The maximum atomic E-state index is 5.61. The molecule has 1 aliphatic rings. The molecule has 0 bridgehead atoms. The van der Waals surface area contributed by atoms with E-state index in [-0.39, 0.29) is 0 Å². The molecule has 1 saturated heterocycles. The van der Waals surface area contributed by atoms with Crippen molar-refractivity contribution in [3.8, 4) is 0 Å². The topological polar surface area (TPSA) is 55.3 Å². The maximum absolute atomic E-state index is 5.61. The van der Waals surface area contributed by atoms with Crippen LogP contribution in [-0.4, -0.2) is 29.7 Å². The van der Waals surface area contributed by atoms with E-state index in [0.29, 0.717) is 0 Å². The van der Waals surface area contributed by atoms with Crippen molar-refractivity contribution in [1.82, 2.24) is 10.1 Å². The molecule has 2 N–H and O–H groups in total. The van der Waals surface area contributed by atoms with Crippen LogP contribution in [-0.2, 0) is 6.54 Å². The van der Waals surface area contributed by atoms with Gasteiger partial charge in [0, 0.05) is 12.6 Å². The van der Waals surface area contributed by atoms with Crippen LogP contribution in [0.1, 0.15) is 30.7 Å². The van der Waals surface area contributed by atoms with Crippen molar-refractivity contribution in [2.75, 3.05) is 19.6 Å². The van der Waals surface area contributed by atoms with Gasteiger partial charge in [0.05, 0.1) is 12.2 Å². The molecule has 1 unspecified atom stereocenters. The minimum atomic E-state index is 0.766. The van der Waals surface area contributed by atoms with Gasteiger partial charge in [-0.05, 0) is 45.2 Å². The Bertz CT molecular complexity index is 322. The summed E-state index contributed by atoms with van der Waals surface area (Å²) in [7, 11) is 0. The Morgan fingerprint density at radius 1 is 1.62 bits per heavy atom. The molecule has 1 atom stereocenters. The van der Waals surface area contributed by atoms with Gasteiger partial charge in [-0.3, -0.25) is 4.90 Å². The van der Waals surface area contributed by atoms with Gasteiger partial charge in [0.15, 0.2) is 5.76 Å². The number of nitrogens with zero attached hydrogens (tertiary/aromatic N) is 2. The smallest absolute Gasteiger partial charge is 0.150 e. The summed E-state index contributed by atoms with van der Waals surface area (Å²) in [5, 5.41) is 3.92. The number of nitrogens with two attached hydrogens (primary N) is 1. The normalized spacial score (nSPS) is 22.5. The highest BCUT2D eigenvalue weighted by atomic mass is 16.5. The number of hydrogen-bond donors (Lipinski definition) is 1. The first-order valence-corrected chi connectivity index (χ1v) is 6.12. The molecule has 1 aliphatic heterocycles. The second-order valence-corrected chi connectivity index (χ2v) is 4.76. The zero-order valence-corrected chi connectivity index (χ0v) is 9.98. The van der Waals surface area contributed by atoms with E-state index in [1.54, 1.807) is 0 Å². The second-order valence-electron chi connectivity index (χ2n) is 4.76. The Morgan fingerprint density at radius 3 is 3.19 bits per heavy atom. The Labute approximate surface area is 96.8 Å². The van der Waals surface area contributed by atoms with E-state index in [9.17, 15) is 0 Å². The SMILES string of the molecule is Cc1cc(CN2CCCC(CCN)C2)on1. The van der Waals surface area contributed by atoms with E-state index in [2.05, 4.69) is 10.1 Å². The Kier molecular flexibility index (Phi) is 3.96. The zero-order chi connectivity index (χ0) is 11.4. The predicted octanol–water partition coefficient (Wildman–Crippen LogP) is 1.54. The molecule has 0 aromatic carbocycles. The molecule has 2 rings (SSSR count). The van der Waals surface area contributed by atoms with Gasteiger partial charge in [0.1, 0.15) is 0 Å². The monoisotopic (exact) mass is 223 g/mol. The first-order valence-electron chi connectivity index (χ1n) is 6.12. The number of rotatable bonds is 4. The van der Waals surface area contributed by atoms with Crippen molar-refractivity contribution in [2.45, 2.75) is 32.7 Å². The van der Waals surface area contributed by atoms with Gasteiger partial charge in [-0.15, -0.1) is 0 Å². The lowest BCUT2D eigenvalue weighted by Crippen LogP contribution is -2.35. The third kappa shape index (κ3) is 3.06. The number of hydrogen-bond acceptors (Lipinski definition) is 4. The predicted molar refractivity (Wildman–Crippen MR) is 62.9 cm³/mol. The highest BCUT2D eigenvalue weighted by Gasteiger charge is 2.20. The fraction of sp³-hybridized carbons (Fsp3) is 0.750. The van der Waals surface area contributed by atoms with Crippen molar-refractivity contribution in [2.24, 2.45) is 11.7 Å². The van der Waals surface area contributed by atoms with Gasteiger partial charge in [-0.1, -0.05) is 5.16 Å². The summed E-state index contributed by atoms with van der Waals surface area (Å²) in [5.74, 6) is 1.74. The minimum Gasteiger partial charge on any atom is -0.360 e. The highest BCUT2D eigenvalue weighted by molar-refractivity contribution is 5.03. The molecule has 1 aromatic rings. The Morgan fingerprint density at radius 2 is 2.50 bits per heavy atom. The largest absolute Gasteiger partial charge is 0.360 e. The first kappa shape index (κ1) is 11.6. The van der Waals surface area contributed by atoms with Crippen LogP contribution in [0.25, 0.3) is 0 Å². The maximum Gasteiger partial charge on any atom is 0.150 e. The first-order chi connectivity index (χ1) is 7.78. The van der Waals surface area contributed by atoms with E-state index in [4.69, 9.17) is 10.3 Å². The number of aryl methyl sites for hydroxylation is 1. The quantitative estimate of drug-likeness (QED) is 0.841. The molecule has 4 heteroatoms. The zero-order valence-electron chi connectivity index (χ0n) is 9.98. The lowest BCUT2D eigenvalue weighted by Gasteiger charge is -2.31. The van der Waals surface area contributed by atoms with E-state index >= 15 is 0 Å².